The zero-order chi connectivity index (χ0) is 13.3. The molecule has 2 N–H and O–H groups in total. The Bertz CT molecular complexity index is 402. The van der Waals surface area contributed by atoms with Crippen LogP contribution in [0.5, 0.6) is 0 Å². The topological polar surface area (TPSA) is 58.9 Å². The third-order valence-electron chi connectivity index (χ3n) is 3.07. The van der Waals surface area contributed by atoms with E-state index in [-0.39, 0.29) is 11.7 Å². The van der Waals surface area contributed by atoms with Gasteiger partial charge in [0.1, 0.15) is 0 Å². The van der Waals surface area contributed by atoms with Crippen molar-refractivity contribution in [3.63, 3.8) is 0 Å². The molecule has 1 saturated heterocycles. The normalized spacial score (nSPS) is 26.9. The molecule has 1 aliphatic rings. The first-order chi connectivity index (χ1) is 8.37. The zero-order valence-electron chi connectivity index (χ0n) is 11.0. The Balaban J connectivity index is 2.15. The number of rotatable bonds is 2. The van der Waals surface area contributed by atoms with Crippen LogP contribution in [0.4, 0.5) is 0 Å². The molecule has 0 aliphatic carbocycles. The molecule has 0 aromatic heterocycles. The van der Waals surface area contributed by atoms with Gasteiger partial charge in [-0.05, 0) is 26.2 Å². The minimum absolute atomic E-state index is 0.141. The van der Waals surface area contributed by atoms with E-state index in [1.165, 1.54) is 0 Å². The first-order valence-electron chi connectivity index (χ1n) is 6.17. The molecule has 2 unspecified atom stereocenters. The average molecular weight is 250 g/mol. The first kappa shape index (κ1) is 13.6. The summed E-state index contributed by atoms with van der Waals surface area (Å²) in [6.45, 7) is 6.12. The minimum atomic E-state index is -1.44. The molecule has 2 rings (SSSR count). The fourth-order valence-electron chi connectivity index (χ4n) is 2.29. The molecular formula is C13H19BO4. The highest BCUT2D eigenvalue weighted by atomic mass is 16.7. The fraction of sp³-hybridized carbons (Fsp3) is 0.538. The molecule has 5 heteroatoms. The van der Waals surface area contributed by atoms with E-state index in [0.717, 1.165) is 12.0 Å². The minimum Gasteiger partial charge on any atom is -0.423 e. The van der Waals surface area contributed by atoms with Crippen molar-refractivity contribution in [2.45, 2.75) is 45.2 Å². The summed E-state index contributed by atoms with van der Waals surface area (Å²) in [6, 6.07) is 6.93. The van der Waals surface area contributed by atoms with Gasteiger partial charge in [0.15, 0.2) is 6.29 Å². The molecule has 0 saturated carbocycles. The van der Waals surface area contributed by atoms with E-state index in [0.29, 0.717) is 5.46 Å². The molecule has 0 bridgehead atoms. The summed E-state index contributed by atoms with van der Waals surface area (Å²) in [5, 5.41) is 18.1. The molecule has 98 valence electrons. The molecule has 0 amide bonds. The molecule has 1 aromatic rings. The lowest BCUT2D eigenvalue weighted by molar-refractivity contribution is -0.273. The van der Waals surface area contributed by atoms with Crippen molar-refractivity contribution in [2.24, 2.45) is 0 Å². The molecule has 18 heavy (non-hydrogen) atoms. The highest BCUT2D eigenvalue weighted by Gasteiger charge is 2.34. The predicted octanol–water partition coefficient (Wildman–Crippen LogP) is 0.969. The second-order valence-corrected chi connectivity index (χ2v) is 5.40. The van der Waals surface area contributed by atoms with E-state index in [9.17, 15) is 0 Å². The maximum atomic E-state index is 9.04. The van der Waals surface area contributed by atoms with E-state index < -0.39 is 13.4 Å². The van der Waals surface area contributed by atoms with Gasteiger partial charge in [0.25, 0.3) is 0 Å². The molecular weight excluding hydrogens is 231 g/mol. The van der Waals surface area contributed by atoms with Crippen LogP contribution < -0.4 is 5.46 Å². The summed E-state index contributed by atoms with van der Waals surface area (Å²) < 4.78 is 11.6. The van der Waals surface area contributed by atoms with Crippen molar-refractivity contribution < 1.29 is 19.5 Å². The predicted molar refractivity (Wildman–Crippen MR) is 69.3 cm³/mol. The molecule has 4 nitrogen and oxygen atoms in total. The van der Waals surface area contributed by atoms with Gasteiger partial charge >= 0.3 is 7.12 Å². The van der Waals surface area contributed by atoms with Gasteiger partial charge in [-0.25, -0.2) is 0 Å². The molecule has 0 radical (unpaired) electrons. The molecule has 1 aliphatic heterocycles. The summed E-state index contributed by atoms with van der Waals surface area (Å²) in [6.07, 6.45) is 0.604. The van der Waals surface area contributed by atoms with Gasteiger partial charge in [0.05, 0.1) is 11.7 Å². The van der Waals surface area contributed by atoms with E-state index >= 15 is 0 Å². The van der Waals surface area contributed by atoms with Crippen molar-refractivity contribution >= 4 is 12.6 Å². The maximum Gasteiger partial charge on any atom is 0.488 e. The third kappa shape index (κ3) is 3.11. The summed E-state index contributed by atoms with van der Waals surface area (Å²) in [5.41, 5.74) is 1.14. The fourth-order valence-corrected chi connectivity index (χ4v) is 2.29. The lowest BCUT2D eigenvalue weighted by Crippen LogP contribution is -2.39. The Morgan fingerprint density at radius 3 is 2.33 bits per heavy atom. The van der Waals surface area contributed by atoms with E-state index in [4.69, 9.17) is 19.5 Å². The Hall–Kier alpha value is -0.875. The lowest BCUT2D eigenvalue weighted by atomic mass is 9.80. The quantitative estimate of drug-likeness (QED) is 0.768. The molecule has 0 spiro atoms. The van der Waals surface area contributed by atoms with Gasteiger partial charge in [-0.15, -0.1) is 0 Å². The van der Waals surface area contributed by atoms with Crippen LogP contribution in [0.1, 0.15) is 39.0 Å². The van der Waals surface area contributed by atoms with E-state index in [1.807, 2.05) is 20.8 Å². The van der Waals surface area contributed by atoms with Crippen molar-refractivity contribution in [3.8, 4) is 0 Å². The average Bonchev–Trinajstić information content (AvgIpc) is 2.26. The molecule has 1 heterocycles. The van der Waals surface area contributed by atoms with Gasteiger partial charge in [-0.1, -0.05) is 24.3 Å². The summed E-state index contributed by atoms with van der Waals surface area (Å²) in [4.78, 5) is 0. The number of hydrogen-bond acceptors (Lipinski definition) is 4. The molecule has 1 fully saturated rings. The van der Waals surface area contributed by atoms with Crippen LogP contribution in [0.2, 0.25) is 0 Å². The molecule has 2 atom stereocenters. The lowest BCUT2D eigenvalue weighted by Gasteiger charge is -2.39. The second-order valence-electron chi connectivity index (χ2n) is 5.40. The number of hydrogen-bond donors (Lipinski definition) is 2. The van der Waals surface area contributed by atoms with Crippen LogP contribution in [-0.2, 0) is 9.47 Å². The van der Waals surface area contributed by atoms with Crippen LogP contribution >= 0.6 is 0 Å². The van der Waals surface area contributed by atoms with Crippen molar-refractivity contribution in [1.29, 1.82) is 0 Å². The number of ether oxygens (including phenoxy) is 2. The van der Waals surface area contributed by atoms with Crippen molar-refractivity contribution in [3.05, 3.63) is 29.8 Å². The van der Waals surface area contributed by atoms with E-state index in [1.54, 1.807) is 24.3 Å². The number of benzene rings is 1. The maximum absolute atomic E-state index is 9.04. The Morgan fingerprint density at radius 1 is 1.22 bits per heavy atom. The standard InChI is InChI=1S/C13H19BO4/c1-9-8-13(2,3)18-12(17-9)10-4-6-11(7-5-10)14(15)16/h4-7,9,12,15-16H,8H2,1-3H3. The monoisotopic (exact) mass is 250 g/mol. The third-order valence-corrected chi connectivity index (χ3v) is 3.07. The van der Waals surface area contributed by atoms with Crippen molar-refractivity contribution in [2.75, 3.05) is 0 Å². The van der Waals surface area contributed by atoms with Gasteiger partial charge < -0.3 is 19.5 Å². The van der Waals surface area contributed by atoms with Gasteiger partial charge in [0, 0.05) is 12.0 Å². The van der Waals surface area contributed by atoms with Gasteiger partial charge in [-0.2, -0.15) is 0 Å². The largest absolute Gasteiger partial charge is 0.488 e. The summed E-state index contributed by atoms with van der Waals surface area (Å²) in [5.74, 6) is 0. The second kappa shape index (κ2) is 5.01. The van der Waals surface area contributed by atoms with Crippen LogP contribution in [0.3, 0.4) is 0 Å². The zero-order valence-corrected chi connectivity index (χ0v) is 11.0. The van der Waals surface area contributed by atoms with Crippen molar-refractivity contribution in [1.82, 2.24) is 0 Å². The Kier molecular flexibility index (Phi) is 3.78. The van der Waals surface area contributed by atoms with Crippen LogP contribution in [0, 0.1) is 0 Å². The van der Waals surface area contributed by atoms with Crippen LogP contribution in [0.15, 0.2) is 24.3 Å². The highest BCUT2D eigenvalue weighted by molar-refractivity contribution is 6.58. The Labute approximate surface area is 108 Å². The summed E-state index contributed by atoms with van der Waals surface area (Å²) in [7, 11) is -1.44. The smallest absolute Gasteiger partial charge is 0.423 e. The SMILES string of the molecule is CC1CC(C)(C)OC(c2ccc(B(O)O)cc2)O1. The molecule has 1 aromatic carbocycles. The first-order valence-corrected chi connectivity index (χ1v) is 6.17. The van der Waals surface area contributed by atoms with Crippen LogP contribution in [-0.4, -0.2) is 28.9 Å². The van der Waals surface area contributed by atoms with Crippen LogP contribution in [0.25, 0.3) is 0 Å². The summed E-state index contributed by atoms with van der Waals surface area (Å²) >= 11 is 0. The van der Waals surface area contributed by atoms with Gasteiger partial charge in [-0.3, -0.25) is 0 Å². The highest BCUT2D eigenvalue weighted by Crippen LogP contribution is 2.35. The van der Waals surface area contributed by atoms with E-state index in [2.05, 4.69) is 0 Å². The van der Waals surface area contributed by atoms with Gasteiger partial charge in [0.2, 0.25) is 0 Å². The Morgan fingerprint density at radius 2 is 1.83 bits per heavy atom.